The quantitative estimate of drug-likeness (QED) is 0.435. The summed E-state index contributed by atoms with van der Waals surface area (Å²) in [6.07, 6.45) is 3.09. The van der Waals surface area contributed by atoms with Gasteiger partial charge in [0.05, 0.1) is 40.8 Å². The summed E-state index contributed by atoms with van der Waals surface area (Å²) < 4.78 is 40.3. The van der Waals surface area contributed by atoms with E-state index in [0.29, 0.717) is 43.4 Å². The van der Waals surface area contributed by atoms with E-state index in [1.54, 1.807) is 36.3 Å². The molecule has 2 fully saturated rings. The number of piperidine rings is 1. The molecule has 198 valence electrons. The summed E-state index contributed by atoms with van der Waals surface area (Å²) in [5.74, 6) is 0.0629. The Morgan fingerprint density at radius 1 is 1.16 bits per heavy atom. The molecule has 2 aliphatic rings. The van der Waals surface area contributed by atoms with E-state index in [4.69, 9.17) is 14.5 Å². The van der Waals surface area contributed by atoms with Crippen LogP contribution in [0.15, 0.2) is 41.3 Å². The summed E-state index contributed by atoms with van der Waals surface area (Å²) >= 11 is 1.51. The first-order valence-electron chi connectivity index (χ1n) is 12.7. The zero-order valence-electron chi connectivity index (χ0n) is 21.5. The lowest BCUT2D eigenvalue weighted by atomic mass is 9.98. The molecule has 0 aliphatic carbocycles. The van der Waals surface area contributed by atoms with Crippen molar-refractivity contribution in [2.45, 2.75) is 50.5 Å². The number of hydrogen-bond acceptors (Lipinski definition) is 7. The highest BCUT2D eigenvalue weighted by molar-refractivity contribution is 7.89. The van der Waals surface area contributed by atoms with E-state index in [2.05, 4.69) is 26.0 Å². The van der Waals surface area contributed by atoms with Gasteiger partial charge in [0, 0.05) is 19.7 Å². The molecule has 10 heteroatoms. The van der Waals surface area contributed by atoms with Crippen molar-refractivity contribution in [2.75, 3.05) is 38.3 Å². The van der Waals surface area contributed by atoms with Gasteiger partial charge in [0.25, 0.3) is 0 Å². The third-order valence-corrected chi connectivity index (χ3v) is 10.3. The predicted molar refractivity (Wildman–Crippen MR) is 145 cm³/mol. The minimum atomic E-state index is -3.73. The molecule has 37 heavy (non-hydrogen) atoms. The average molecular weight is 544 g/mol. The summed E-state index contributed by atoms with van der Waals surface area (Å²) in [5.41, 5.74) is 3.22. The number of anilines is 1. The smallest absolute Gasteiger partial charge is 0.243 e. The van der Waals surface area contributed by atoms with Crippen LogP contribution < -0.4 is 9.64 Å². The number of hydrogen-bond donors (Lipinski definition) is 0. The third kappa shape index (κ3) is 5.38. The second-order valence-electron chi connectivity index (χ2n) is 9.86. The fraction of sp³-hybridized carbons (Fsp3) is 0.481. The van der Waals surface area contributed by atoms with Crippen molar-refractivity contribution in [1.29, 1.82) is 0 Å². The molecule has 2 saturated heterocycles. The number of aromatic nitrogens is 1. The van der Waals surface area contributed by atoms with E-state index in [1.165, 1.54) is 21.2 Å². The number of carbonyl (C=O) groups is 1. The molecular formula is C27H33N3O5S2. The van der Waals surface area contributed by atoms with Gasteiger partial charge in [0.15, 0.2) is 5.13 Å². The topological polar surface area (TPSA) is 89.0 Å². The molecule has 0 N–H and O–H groups in total. The molecule has 2 aromatic carbocycles. The molecule has 2 unspecified atom stereocenters. The summed E-state index contributed by atoms with van der Waals surface area (Å²) in [5, 5.41) is 0.649. The fourth-order valence-corrected chi connectivity index (χ4v) is 7.60. The van der Waals surface area contributed by atoms with Crippen LogP contribution in [-0.4, -0.2) is 63.1 Å². The number of ether oxygens (including phenoxy) is 2. The van der Waals surface area contributed by atoms with Crippen LogP contribution in [0.1, 0.15) is 36.8 Å². The van der Waals surface area contributed by atoms with Gasteiger partial charge in [-0.05, 0) is 87.1 Å². The lowest BCUT2D eigenvalue weighted by molar-refractivity contribution is -0.123. The summed E-state index contributed by atoms with van der Waals surface area (Å²) in [7, 11) is -2.18. The van der Waals surface area contributed by atoms with Gasteiger partial charge in [0.2, 0.25) is 15.9 Å². The standard InChI is InChI=1S/C27H33N3O5S2/c1-18-14-24-25(15-19(18)2)36-27(28-24)30(17-22-7-5-13-35-22)26(31)20-6-4-12-29(16-20)37(32,33)23-10-8-21(34-3)9-11-23/h8-11,14-15,20,22H,4-7,12-13,16-17H2,1-3H3. The second kappa shape index (κ2) is 10.7. The van der Waals surface area contributed by atoms with Crippen LogP contribution in [0.2, 0.25) is 0 Å². The van der Waals surface area contributed by atoms with Crippen molar-refractivity contribution in [3.63, 3.8) is 0 Å². The van der Waals surface area contributed by atoms with Crippen LogP contribution in [0.3, 0.4) is 0 Å². The van der Waals surface area contributed by atoms with Gasteiger partial charge >= 0.3 is 0 Å². The summed E-state index contributed by atoms with van der Waals surface area (Å²) in [6, 6.07) is 10.6. The van der Waals surface area contributed by atoms with Crippen molar-refractivity contribution in [1.82, 2.24) is 9.29 Å². The molecule has 1 aromatic heterocycles. The van der Waals surface area contributed by atoms with Crippen molar-refractivity contribution in [3.05, 3.63) is 47.5 Å². The SMILES string of the molecule is COc1ccc(S(=O)(=O)N2CCCC(C(=O)N(CC3CCCO3)c3nc4cc(C)c(C)cc4s3)C2)cc1. The van der Waals surface area contributed by atoms with Gasteiger partial charge in [-0.25, -0.2) is 13.4 Å². The molecule has 5 rings (SSSR count). The van der Waals surface area contributed by atoms with Gasteiger partial charge in [0.1, 0.15) is 5.75 Å². The molecule has 0 radical (unpaired) electrons. The number of aryl methyl sites for hydroxylation is 2. The van der Waals surface area contributed by atoms with Crippen molar-refractivity contribution in [2.24, 2.45) is 5.92 Å². The Labute approximate surface area is 222 Å². The molecule has 2 atom stereocenters. The molecule has 3 heterocycles. The van der Waals surface area contributed by atoms with E-state index >= 15 is 0 Å². The van der Waals surface area contributed by atoms with Gasteiger partial charge < -0.3 is 9.47 Å². The number of amides is 1. The third-order valence-electron chi connectivity index (χ3n) is 7.33. The number of benzene rings is 2. The maximum absolute atomic E-state index is 14.0. The number of methoxy groups -OCH3 is 1. The van der Waals surface area contributed by atoms with Crippen LogP contribution in [0.4, 0.5) is 5.13 Å². The molecule has 0 spiro atoms. The summed E-state index contributed by atoms with van der Waals surface area (Å²) in [6.45, 7) is 5.80. The van der Waals surface area contributed by atoms with Crippen LogP contribution in [0.5, 0.6) is 5.75 Å². The Balaban J connectivity index is 1.41. The average Bonchev–Trinajstić information content (AvgIpc) is 3.57. The van der Waals surface area contributed by atoms with Gasteiger partial charge in [-0.1, -0.05) is 11.3 Å². The highest BCUT2D eigenvalue weighted by Gasteiger charge is 2.37. The van der Waals surface area contributed by atoms with Crippen molar-refractivity contribution >= 4 is 42.6 Å². The van der Waals surface area contributed by atoms with Crippen LogP contribution in [-0.2, 0) is 19.6 Å². The number of nitrogens with zero attached hydrogens (tertiary/aromatic N) is 3. The molecule has 0 bridgehead atoms. The maximum atomic E-state index is 14.0. The van der Waals surface area contributed by atoms with Crippen LogP contribution in [0.25, 0.3) is 10.2 Å². The first-order valence-corrected chi connectivity index (χ1v) is 15.0. The van der Waals surface area contributed by atoms with E-state index in [0.717, 1.165) is 28.6 Å². The van der Waals surface area contributed by atoms with Crippen molar-refractivity contribution in [3.8, 4) is 5.75 Å². The molecule has 2 aliphatic heterocycles. The second-order valence-corrected chi connectivity index (χ2v) is 12.8. The Hall–Kier alpha value is -2.53. The molecule has 8 nitrogen and oxygen atoms in total. The first-order chi connectivity index (χ1) is 17.8. The number of sulfonamides is 1. The number of rotatable bonds is 7. The normalized spacial score (nSPS) is 20.8. The zero-order valence-corrected chi connectivity index (χ0v) is 23.1. The minimum absolute atomic E-state index is 0.0397. The Bertz CT molecular complexity index is 1340. The van der Waals surface area contributed by atoms with E-state index in [9.17, 15) is 13.2 Å². The number of fused-ring (bicyclic) bond motifs is 1. The number of thiazole rings is 1. The van der Waals surface area contributed by atoms with Gasteiger partial charge in [-0.3, -0.25) is 9.69 Å². The Morgan fingerprint density at radius 3 is 2.62 bits per heavy atom. The predicted octanol–water partition coefficient (Wildman–Crippen LogP) is 4.53. The van der Waals surface area contributed by atoms with Crippen LogP contribution >= 0.6 is 11.3 Å². The lowest BCUT2D eigenvalue weighted by Crippen LogP contribution is -2.48. The Kier molecular flexibility index (Phi) is 7.53. The monoisotopic (exact) mass is 543 g/mol. The Morgan fingerprint density at radius 2 is 1.92 bits per heavy atom. The largest absolute Gasteiger partial charge is 0.497 e. The highest BCUT2D eigenvalue weighted by Crippen LogP contribution is 2.34. The first kappa shape index (κ1) is 26.1. The molecule has 1 amide bonds. The lowest BCUT2D eigenvalue weighted by Gasteiger charge is -2.34. The van der Waals surface area contributed by atoms with Crippen molar-refractivity contribution < 1.29 is 22.7 Å². The van der Waals surface area contributed by atoms with E-state index < -0.39 is 15.9 Å². The van der Waals surface area contributed by atoms with E-state index in [1.807, 2.05) is 0 Å². The van der Waals surface area contributed by atoms with Gasteiger partial charge in [-0.15, -0.1) is 0 Å². The van der Waals surface area contributed by atoms with E-state index in [-0.39, 0.29) is 23.5 Å². The van der Waals surface area contributed by atoms with Crippen LogP contribution in [0, 0.1) is 19.8 Å². The van der Waals surface area contributed by atoms with Gasteiger partial charge in [-0.2, -0.15) is 4.31 Å². The minimum Gasteiger partial charge on any atom is -0.497 e. The molecule has 0 saturated carbocycles. The molecule has 3 aromatic rings. The molecular weight excluding hydrogens is 510 g/mol. The fourth-order valence-electron chi connectivity index (χ4n) is 5.02. The summed E-state index contributed by atoms with van der Waals surface area (Å²) in [4.78, 5) is 20.8. The maximum Gasteiger partial charge on any atom is 0.243 e. The number of carbonyl (C=O) groups excluding carboxylic acids is 1. The highest BCUT2D eigenvalue weighted by atomic mass is 32.2. The zero-order chi connectivity index (χ0) is 26.2.